The molecule has 0 saturated carbocycles. The van der Waals surface area contributed by atoms with Gasteiger partial charge in [-0.1, -0.05) is 0 Å². The van der Waals surface area contributed by atoms with Crippen molar-refractivity contribution in [1.82, 2.24) is 10.3 Å². The van der Waals surface area contributed by atoms with E-state index < -0.39 is 6.10 Å². The maximum absolute atomic E-state index is 9.88. The average Bonchev–Trinajstić information content (AvgIpc) is 3.07. The number of nitrogens with one attached hydrogen (secondary N) is 1. The van der Waals surface area contributed by atoms with E-state index in [1.54, 1.807) is 11.3 Å². The second kappa shape index (κ2) is 8.05. The zero-order valence-electron chi connectivity index (χ0n) is 12.2. The van der Waals surface area contributed by atoms with E-state index >= 15 is 0 Å². The molecule has 1 aliphatic rings. The summed E-state index contributed by atoms with van der Waals surface area (Å²) in [5.74, 6) is 0. The SMILES string of the molecule is Cc1cnc(C(C)NCC(O)COCC2CCCO2)s1. The van der Waals surface area contributed by atoms with Gasteiger partial charge in [-0.2, -0.15) is 0 Å². The van der Waals surface area contributed by atoms with E-state index in [2.05, 4.69) is 17.2 Å². The highest BCUT2D eigenvalue weighted by Gasteiger charge is 2.16. The second-order valence-electron chi connectivity index (χ2n) is 5.27. The summed E-state index contributed by atoms with van der Waals surface area (Å²) >= 11 is 1.68. The lowest BCUT2D eigenvalue weighted by Gasteiger charge is -2.17. The van der Waals surface area contributed by atoms with Crippen LogP contribution in [-0.2, 0) is 9.47 Å². The molecule has 2 rings (SSSR count). The van der Waals surface area contributed by atoms with Crippen LogP contribution >= 0.6 is 11.3 Å². The van der Waals surface area contributed by atoms with Crippen LogP contribution in [0.2, 0.25) is 0 Å². The Morgan fingerprint density at radius 2 is 2.50 bits per heavy atom. The number of aromatic nitrogens is 1. The molecule has 1 aromatic heterocycles. The maximum atomic E-state index is 9.88. The number of hydrogen-bond donors (Lipinski definition) is 2. The molecule has 20 heavy (non-hydrogen) atoms. The molecule has 0 radical (unpaired) electrons. The zero-order valence-corrected chi connectivity index (χ0v) is 13.0. The smallest absolute Gasteiger partial charge is 0.109 e. The molecule has 0 bridgehead atoms. The van der Waals surface area contributed by atoms with Crippen LogP contribution in [0.5, 0.6) is 0 Å². The standard InChI is InChI=1S/C14H24N2O3S/c1-10-6-16-14(20-10)11(2)15-7-12(17)8-18-9-13-4-3-5-19-13/h6,11-13,15,17H,3-5,7-9H2,1-2H3. The number of aryl methyl sites for hydroxylation is 1. The lowest BCUT2D eigenvalue weighted by molar-refractivity contribution is -0.0168. The summed E-state index contributed by atoms with van der Waals surface area (Å²) < 4.78 is 11.0. The molecule has 0 aliphatic carbocycles. The fourth-order valence-corrected chi connectivity index (χ4v) is 2.94. The van der Waals surface area contributed by atoms with E-state index in [1.165, 1.54) is 4.88 Å². The fraction of sp³-hybridized carbons (Fsp3) is 0.786. The van der Waals surface area contributed by atoms with E-state index in [0.717, 1.165) is 24.5 Å². The van der Waals surface area contributed by atoms with E-state index in [4.69, 9.17) is 9.47 Å². The largest absolute Gasteiger partial charge is 0.389 e. The van der Waals surface area contributed by atoms with Crippen LogP contribution in [0.3, 0.4) is 0 Å². The van der Waals surface area contributed by atoms with Gasteiger partial charge in [0.15, 0.2) is 0 Å². The highest BCUT2D eigenvalue weighted by molar-refractivity contribution is 7.11. The average molecular weight is 300 g/mol. The van der Waals surface area contributed by atoms with E-state index in [1.807, 2.05) is 13.1 Å². The summed E-state index contributed by atoms with van der Waals surface area (Å²) in [4.78, 5) is 5.54. The highest BCUT2D eigenvalue weighted by Crippen LogP contribution is 2.18. The molecule has 3 unspecified atom stereocenters. The lowest BCUT2D eigenvalue weighted by Crippen LogP contribution is -2.33. The molecule has 2 heterocycles. The maximum Gasteiger partial charge on any atom is 0.109 e. The number of rotatable bonds is 8. The van der Waals surface area contributed by atoms with Gasteiger partial charge in [0.1, 0.15) is 5.01 Å². The monoisotopic (exact) mass is 300 g/mol. The Morgan fingerprint density at radius 1 is 1.65 bits per heavy atom. The van der Waals surface area contributed by atoms with Gasteiger partial charge in [0.25, 0.3) is 0 Å². The Balaban J connectivity index is 1.58. The summed E-state index contributed by atoms with van der Waals surface area (Å²) in [6.07, 6.45) is 3.77. The summed E-state index contributed by atoms with van der Waals surface area (Å²) in [5.41, 5.74) is 0. The van der Waals surface area contributed by atoms with Crippen LogP contribution in [0, 0.1) is 6.92 Å². The minimum Gasteiger partial charge on any atom is -0.389 e. The molecule has 1 aromatic rings. The number of aliphatic hydroxyl groups excluding tert-OH is 1. The Labute approximate surface area is 124 Å². The molecule has 1 fully saturated rings. The first-order valence-corrected chi connectivity index (χ1v) is 8.00. The van der Waals surface area contributed by atoms with E-state index in [9.17, 15) is 5.11 Å². The van der Waals surface area contributed by atoms with Gasteiger partial charge in [0.05, 0.1) is 31.5 Å². The molecule has 5 nitrogen and oxygen atoms in total. The fourth-order valence-electron chi connectivity index (χ4n) is 2.14. The highest BCUT2D eigenvalue weighted by atomic mass is 32.1. The van der Waals surface area contributed by atoms with Gasteiger partial charge >= 0.3 is 0 Å². The third-order valence-electron chi connectivity index (χ3n) is 3.31. The number of nitrogens with zero attached hydrogens (tertiary/aromatic N) is 1. The Hall–Kier alpha value is -0.530. The van der Waals surface area contributed by atoms with Crippen molar-refractivity contribution in [2.24, 2.45) is 0 Å². The topological polar surface area (TPSA) is 63.6 Å². The van der Waals surface area contributed by atoms with Crippen molar-refractivity contribution < 1.29 is 14.6 Å². The summed E-state index contributed by atoms with van der Waals surface area (Å²) in [5, 5.41) is 14.2. The van der Waals surface area contributed by atoms with Crippen LogP contribution in [0.1, 0.15) is 35.7 Å². The molecule has 0 spiro atoms. The van der Waals surface area contributed by atoms with Crippen molar-refractivity contribution in [3.63, 3.8) is 0 Å². The first kappa shape index (κ1) is 15.9. The van der Waals surface area contributed by atoms with Crippen LogP contribution in [0.4, 0.5) is 0 Å². The minimum atomic E-state index is -0.500. The van der Waals surface area contributed by atoms with Crippen molar-refractivity contribution in [2.45, 2.75) is 44.9 Å². The van der Waals surface area contributed by atoms with Gasteiger partial charge < -0.3 is 19.9 Å². The molecule has 1 aliphatic heterocycles. The van der Waals surface area contributed by atoms with Gasteiger partial charge in [-0.05, 0) is 26.7 Å². The summed E-state index contributed by atoms with van der Waals surface area (Å²) in [7, 11) is 0. The van der Waals surface area contributed by atoms with Crippen molar-refractivity contribution in [3.8, 4) is 0 Å². The van der Waals surface area contributed by atoms with Gasteiger partial charge in [-0.25, -0.2) is 4.98 Å². The Bertz CT molecular complexity index is 394. The quantitative estimate of drug-likeness (QED) is 0.764. The van der Waals surface area contributed by atoms with Gasteiger partial charge in [-0.3, -0.25) is 0 Å². The van der Waals surface area contributed by atoms with E-state index in [-0.39, 0.29) is 12.1 Å². The molecule has 0 aromatic carbocycles. The molecule has 0 amide bonds. The number of hydrogen-bond acceptors (Lipinski definition) is 6. The molecule has 6 heteroatoms. The van der Waals surface area contributed by atoms with E-state index in [0.29, 0.717) is 19.8 Å². The van der Waals surface area contributed by atoms with Gasteiger partial charge in [-0.15, -0.1) is 11.3 Å². The van der Waals surface area contributed by atoms with Crippen LogP contribution in [0.15, 0.2) is 6.20 Å². The predicted molar refractivity (Wildman–Crippen MR) is 79.1 cm³/mol. The normalized spacial score (nSPS) is 22.1. The van der Waals surface area contributed by atoms with Crippen molar-refractivity contribution in [3.05, 3.63) is 16.1 Å². The summed E-state index contributed by atoms with van der Waals surface area (Å²) in [6.45, 7) is 6.36. The number of thiazole rings is 1. The predicted octanol–water partition coefficient (Wildman–Crippen LogP) is 1.66. The number of aliphatic hydroxyl groups is 1. The van der Waals surface area contributed by atoms with Gasteiger partial charge in [0.2, 0.25) is 0 Å². The zero-order chi connectivity index (χ0) is 14.4. The van der Waals surface area contributed by atoms with Crippen molar-refractivity contribution in [1.29, 1.82) is 0 Å². The molecule has 3 atom stereocenters. The molecule has 114 valence electrons. The van der Waals surface area contributed by atoms with Crippen LogP contribution in [-0.4, -0.2) is 48.7 Å². The molecular weight excluding hydrogens is 276 g/mol. The third kappa shape index (κ3) is 5.10. The van der Waals surface area contributed by atoms with Crippen LogP contribution < -0.4 is 5.32 Å². The Morgan fingerprint density at radius 3 is 3.15 bits per heavy atom. The first-order valence-electron chi connectivity index (χ1n) is 7.18. The van der Waals surface area contributed by atoms with Crippen LogP contribution in [0.25, 0.3) is 0 Å². The number of ether oxygens (including phenoxy) is 2. The minimum absolute atomic E-state index is 0.154. The lowest BCUT2D eigenvalue weighted by atomic mass is 10.2. The first-order chi connectivity index (χ1) is 9.65. The van der Waals surface area contributed by atoms with Crippen molar-refractivity contribution in [2.75, 3.05) is 26.4 Å². The molecular formula is C14H24N2O3S. The third-order valence-corrected chi connectivity index (χ3v) is 4.40. The second-order valence-corrected chi connectivity index (χ2v) is 6.53. The Kier molecular flexibility index (Phi) is 6.38. The van der Waals surface area contributed by atoms with Crippen molar-refractivity contribution >= 4 is 11.3 Å². The molecule has 1 saturated heterocycles. The summed E-state index contributed by atoms with van der Waals surface area (Å²) in [6, 6.07) is 0.154. The molecule has 2 N–H and O–H groups in total. The van der Waals surface area contributed by atoms with Gasteiger partial charge in [0, 0.05) is 24.2 Å².